The molecule has 2 aliphatic heterocycles. The second kappa shape index (κ2) is 5.25. The molecule has 2 saturated heterocycles. The number of carbonyl (C=O) groups excluding carboxylic acids is 1. The van der Waals surface area contributed by atoms with Crippen molar-refractivity contribution in [3.05, 3.63) is 12.7 Å². The van der Waals surface area contributed by atoms with E-state index in [2.05, 4.69) is 20.4 Å². The summed E-state index contributed by atoms with van der Waals surface area (Å²) in [6.07, 6.45) is 3.51. The molecule has 2 aliphatic rings. The van der Waals surface area contributed by atoms with Gasteiger partial charge >= 0.3 is 0 Å². The molecular weight excluding hydrogens is 246 g/mol. The zero-order chi connectivity index (χ0) is 13.3. The Morgan fingerprint density at radius 2 is 2.39 bits per heavy atom. The Morgan fingerprint density at radius 1 is 1.67 bits per heavy atom. The number of hydrogen-bond donors (Lipinski definition) is 0. The zero-order valence-corrected chi connectivity index (χ0v) is 12.3. The Hall–Kier alpha value is -0.480. The summed E-state index contributed by atoms with van der Waals surface area (Å²) in [7, 11) is 0. The monoisotopic (exact) mass is 269 g/mol. The number of nitrogens with zero attached hydrogens (tertiary/aromatic N) is 1. The van der Waals surface area contributed by atoms with Gasteiger partial charge in [0.1, 0.15) is 6.23 Å². The molecular formula is C14H23NO2S. The van der Waals surface area contributed by atoms with Gasteiger partial charge in [-0.05, 0) is 25.0 Å². The molecule has 1 amide bonds. The number of fused-ring (bicyclic) bond motifs is 1. The summed E-state index contributed by atoms with van der Waals surface area (Å²) in [5.74, 6) is 1.64. The van der Waals surface area contributed by atoms with Crippen LogP contribution in [0.4, 0.5) is 0 Å². The molecule has 0 unspecified atom stereocenters. The molecule has 0 radical (unpaired) electrons. The Kier molecular flexibility index (Phi) is 4.07. The van der Waals surface area contributed by atoms with Crippen molar-refractivity contribution in [2.75, 3.05) is 12.4 Å². The van der Waals surface area contributed by atoms with Gasteiger partial charge in [0.2, 0.25) is 5.91 Å². The topological polar surface area (TPSA) is 29.5 Å². The number of amides is 1. The maximum absolute atomic E-state index is 12.8. The molecule has 2 fully saturated rings. The van der Waals surface area contributed by atoms with E-state index >= 15 is 0 Å². The lowest BCUT2D eigenvalue weighted by Crippen LogP contribution is -2.50. The first-order chi connectivity index (χ1) is 8.49. The van der Waals surface area contributed by atoms with E-state index < -0.39 is 0 Å². The number of allylic oxidation sites excluding steroid dienone is 1. The Morgan fingerprint density at radius 3 is 3.00 bits per heavy atom. The third-order valence-corrected chi connectivity index (χ3v) is 5.32. The van der Waals surface area contributed by atoms with Crippen LogP contribution in [0.3, 0.4) is 0 Å². The molecule has 3 nitrogen and oxygen atoms in total. The maximum Gasteiger partial charge on any atom is 0.241 e. The Bertz CT molecular complexity index is 345. The van der Waals surface area contributed by atoms with Crippen molar-refractivity contribution in [3.8, 4) is 0 Å². The molecule has 0 saturated carbocycles. The predicted molar refractivity (Wildman–Crippen MR) is 75.5 cm³/mol. The van der Waals surface area contributed by atoms with Gasteiger partial charge in [0.05, 0.1) is 17.4 Å². The number of carbonyl (C=O) groups is 1. The summed E-state index contributed by atoms with van der Waals surface area (Å²) in [4.78, 5) is 14.8. The Balaban J connectivity index is 2.27. The minimum Gasteiger partial charge on any atom is -0.356 e. The van der Waals surface area contributed by atoms with Crippen molar-refractivity contribution in [2.45, 2.75) is 50.6 Å². The van der Waals surface area contributed by atoms with Gasteiger partial charge in [-0.25, -0.2) is 0 Å². The van der Waals surface area contributed by atoms with Crippen LogP contribution in [0.15, 0.2) is 12.7 Å². The molecule has 102 valence electrons. The van der Waals surface area contributed by atoms with Crippen LogP contribution in [-0.4, -0.2) is 40.2 Å². The summed E-state index contributed by atoms with van der Waals surface area (Å²) in [5.41, 5.74) is 0. The second-order valence-electron chi connectivity index (χ2n) is 5.67. The van der Waals surface area contributed by atoms with E-state index in [0.29, 0.717) is 12.5 Å². The van der Waals surface area contributed by atoms with E-state index in [0.717, 1.165) is 18.6 Å². The fraction of sp³-hybridized carbons (Fsp3) is 0.786. The quantitative estimate of drug-likeness (QED) is 0.738. The van der Waals surface area contributed by atoms with Crippen molar-refractivity contribution in [1.82, 2.24) is 4.90 Å². The fourth-order valence-electron chi connectivity index (χ4n) is 2.74. The first-order valence-corrected chi connectivity index (χ1v) is 7.67. The average Bonchev–Trinajstić information content (AvgIpc) is 2.67. The minimum absolute atomic E-state index is 0.0101. The third-order valence-electron chi connectivity index (χ3n) is 3.90. The largest absolute Gasteiger partial charge is 0.356 e. The van der Waals surface area contributed by atoms with E-state index in [1.807, 2.05) is 17.9 Å². The lowest BCUT2D eigenvalue weighted by Gasteiger charge is -2.34. The van der Waals surface area contributed by atoms with E-state index in [-0.39, 0.29) is 22.9 Å². The highest BCUT2D eigenvalue weighted by atomic mass is 32.2. The van der Waals surface area contributed by atoms with Crippen LogP contribution >= 0.6 is 11.8 Å². The summed E-state index contributed by atoms with van der Waals surface area (Å²) >= 11 is 1.75. The average molecular weight is 269 g/mol. The first kappa shape index (κ1) is 13.9. The molecule has 0 aliphatic carbocycles. The molecule has 0 bridgehead atoms. The minimum atomic E-state index is -0.364. The number of rotatable bonds is 3. The first-order valence-electron chi connectivity index (χ1n) is 6.69. The summed E-state index contributed by atoms with van der Waals surface area (Å²) < 4.78 is 5.45. The van der Waals surface area contributed by atoms with Gasteiger partial charge in [-0.1, -0.05) is 19.9 Å². The maximum atomic E-state index is 12.8. The van der Waals surface area contributed by atoms with Crippen LogP contribution in [0, 0.1) is 5.92 Å². The van der Waals surface area contributed by atoms with Gasteiger partial charge in [0, 0.05) is 6.42 Å². The second-order valence-corrected chi connectivity index (χ2v) is 7.27. The van der Waals surface area contributed by atoms with E-state index in [1.54, 1.807) is 11.8 Å². The van der Waals surface area contributed by atoms with Gasteiger partial charge in [0.25, 0.3) is 0 Å². The van der Waals surface area contributed by atoms with Crippen molar-refractivity contribution < 1.29 is 9.53 Å². The summed E-state index contributed by atoms with van der Waals surface area (Å²) in [6.45, 7) is 10.8. The fourth-order valence-corrected chi connectivity index (χ4v) is 3.98. The molecule has 2 rings (SSSR count). The van der Waals surface area contributed by atoms with Gasteiger partial charge in [-0.15, -0.1) is 18.3 Å². The molecule has 3 atom stereocenters. The molecule has 0 N–H and O–H groups in total. The highest BCUT2D eigenvalue weighted by Crippen LogP contribution is 2.40. The molecule has 0 aromatic heterocycles. The van der Waals surface area contributed by atoms with Crippen molar-refractivity contribution >= 4 is 17.7 Å². The van der Waals surface area contributed by atoms with Crippen LogP contribution in [0.5, 0.6) is 0 Å². The summed E-state index contributed by atoms with van der Waals surface area (Å²) in [6, 6.07) is 0.227. The van der Waals surface area contributed by atoms with Crippen molar-refractivity contribution in [2.24, 2.45) is 5.92 Å². The van der Waals surface area contributed by atoms with Gasteiger partial charge in [-0.2, -0.15) is 0 Å². The van der Waals surface area contributed by atoms with E-state index in [1.165, 1.54) is 0 Å². The van der Waals surface area contributed by atoms with Gasteiger partial charge in [0.15, 0.2) is 0 Å². The standard InChI is InChI=1S/C14H23NO2S/c1-5-7-14(4)13(16)15-11(10(2)3)9-17-12(15)6-8-18-14/h5,10-12H,1,6-9H2,2-4H3/t11-,12-,14-/m1/s1. The SMILES string of the molecule is C=CC[C@@]1(C)SCC[C@H]2OC[C@H](C(C)C)N2C1=O. The lowest BCUT2D eigenvalue weighted by molar-refractivity contribution is -0.140. The van der Waals surface area contributed by atoms with Crippen LogP contribution in [0.25, 0.3) is 0 Å². The van der Waals surface area contributed by atoms with Crippen molar-refractivity contribution in [3.63, 3.8) is 0 Å². The van der Waals surface area contributed by atoms with Crippen LogP contribution < -0.4 is 0 Å². The number of hydrogen-bond acceptors (Lipinski definition) is 3. The molecule has 0 spiro atoms. The molecule has 18 heavy (non-hydrogen) atoms. The van der Waals surface area contributed by atoms with Crippen LogP contribution in [-0.2, 0) is 9.53 Å². The number of thioether (sulfide) groups is 1. The predicted octanol–water partition coefficient (Wildman–Crippen LogP) is 2.67. The molecule has 2 heterocycles. The van der Waals surface area contributed by atoms with E-state index in [9.17, 15) is 4.79 Å². The molecule has 4 heteroatoms. The third kappa shape index (κ3) is 2.32. The lowest BCUT2D eigenvalue weighted by atomic mass is 9.99. The normalized spacial score (nSPS) is 36.7. The summed E-state index contributed by atoms with van der Waals surface area (Å²) in [5, 5.41) is 0. The zero-order valence-electron chi connectivity index (χ0n) is 11.5. The van der Waals surface area contributed by atoms with Crippen LogP contribution in [0.1, 0.15) is 33.6 Å². The number of ether oxygens (including phenoxy) is 1. The highest BCUT2D eigenvalue weighted by molar-refractivity contribution is 8.01. The van der Waals surface area contributed by atoms with Gasteiger partial charge in [-0.3, -0.25) is 4.79 Å². The Labute approximate surface area is 114 Å². The highest BCUT2D eigenvalue weighted by Gasteiger charge is 2.48. The van der Waals surface area contributed by atoms with Gasteiger partial charge < -0.3 is 9.64 Å². The molecule has 0 aromatic rings. The molecule has 0 aromatic carbocycles. The smallest absolute Gasteiger partial charge is 0.241 e. The van der Waals surface area contributed by atoms with Crippen molar-refractivity contribution in [1.29, 1.82) is 0 Å². The van der Waals surface area contributed by atoms with E-state index in [4.69, 9.17) is 4.74 Å². The van der Waals surface area contributed by atoms with Crippen LogP contribution in [0.2, 0.25) is 0 Å².